The number of rotatable bonds is 6. The summed E-state index contributed by atoms with van der Waals surface area (Å²) in [5.74, 6) is 0.797. The van der Waals surface area contributed by atoms with Crippen molar-refractivity contribution in [2.45, 2.75) is 33.6 Å². The van der Waals surface area contributed by atoms with Crippen molar-refractivity contribution in [3.8, 4) is 5.75 Å². The van der Waals surface area contributed by atoms with Crippen LogP contribution in [0.15, 0.2) is 18.2 Å². The quantitative estimate of drug-likeness (QED) is 0.822. The molecule has 1 aromatic carbocycles. The zero-order valence-electron chi connectivity index (χ0n) is 11.7. The van der Waals surface area contributed by atoms with Gasteiger partial charge in [0.15, 0.2) is 0 Å². The maximum Gasteiger partial charge on any atom is 0.132 e. The van der Waals surface area contributed by atoms with Crippen LogP contribution in [-0.2, 0) is 19.8 Å². The molecular formula is C14H19N3O3. The van der Waals surface area contributed by atoms with E-state index in [1.54, 1.807) is 4.68 Å². The van der Waals surface area contributed by atoms with E-state index in [0.717, 1.165) is 16.9 Å². The minimum absolute atomic E-state index is 0.0370. The van der Waals surface area contributed by atoms with Crippen LogP contribution in [0, 0.1) is 13.8 Å². The molecule has 0 bridgehead atoms. The summed E-state index contributed by atoms with van der Waals surface area (Å²) in [6, 6.07) is 5.87. The van der Waals surface area contributed by atoms with Crippen molar-refractivity contribution in [1.29, 1.82) is 0 Å². The zero-order valence-corrected chi connectivity index (χ0v) is 11.7. The van der Waals surface area contributed by atoms with Crippen molar-refractivity contribution >= 4 is 0 Å². The third kappa shape index (κ3) is 2.97. The van der Waals surface area contributed by atoms with Gasteiger partial charge in [0.1, 0.15) is 23.7 Å². The third-order valence-electron chi connectivity index (χ3n) is 3.30. The molecule has 0 amide bonds. The normalized spacial score (nSPS) is 10.8. The van der Waals surface area contributed by atoms with Crippen LogP contribution in [0.4, 0.5) is 0 Å². The molecule has 108 valence electrons. The maximum atomic E-state index is 9.26. The van der Waals surface area contributed by atoms with Gasteiger partial charge in [-0.25, -0.2) is 4.68 Å². The molecule has 0 atom stereocenters. The Hall–Kier alpha value is -1.92. The summed E-state index contributed by atoms with van der Waals surface area (Å²) in [6.07, 6.45) is 0. The standard InChI is InChI=1S/C14H19N3O3/c1-10-4-3-5-14(11(10)2)20-9-13-12(8-19)15-16-17(13)6-7-18/h3-5,18-19H,6-9H2,1-2H3. The van der Waals surface area contributed by atoms with Crippen LogP contribution in [0.2, 0.25) is 0 Å². The molecule has 0 fully saturated rings. The lowest BCUT2D eigenvalue weighted by molar-refractivity contribution is 0.245. The molecule has 0 unspecified atom stereocenters. The molecule has 0 aliphatic carbocycles. The average molecular weight is 277 g/mol. The molecular weight excluding hydrogens is 258 g/mol. The van der Waals surface area contributed by atoms with Gasteiger partial charge in [0.2, 0.25) is 0 Å². The van der Waals surface area contributed by atoms with Crippen LogP contribution in [0.5, 0.6) is 5.75 Å². The van der Waals surface area contributed by atoms with Gasteiger partial charge >= 0.3 is 0 Å². The molecule has 0 aliphatic heterocycles. The summed E-state index contributed by atoms with van der Waals surface area (Å²) in [5.41, 5.74) is 3.40. The molecule has 0 radical (unpaired) electrons. The summed E-state index contributed by atoms with van der Waals surface area (Å²) in [4.78, 5) is 0. The van der Waals surface area contributed by atoms with Gasteiger partial charge in [-0.3, -0.25) is 0 Å². The molecule has 6 heteroatoms. The average Bonchev–Trinajstić information content (AvgIpc) is 2.83. The molecule has 1 heterocycles. The van der Waals surface area contributed by atoms with Crippen molar-refractivity contribution in [2.75, 3.05) is 6.61 Å². The second-order valence-corrected chi connectivity index (χ2v) is 4.57. The van der Waals surface area contributed by atoms with E-state index < -0.39 is 0 Å². The fraction of sp³-hybridized carbons (Fsp3) is 0.429. The predicted molar refractivity (Wildman–Crippen MR) is 73.3 cm³/mol. The number of ether oxygens (including phenoxy) is 1. The summed E-state index contributed by atoms with van der Waals surface area (Å²) in [6.45, 7) is 4.38. The molecule has 20 heavy (non-hydrogen) atoms. The molecule has 6 nitrogen and oxygen atoms in total. The van der Waals surface area contributed by atoms with E-state index in [-0.39, 0.29) is 19.8 Å². The number of aliphatic hydroxyl groups is 2. The lowest BCUT2D eigenvalue weighted by Gasteiger charge is -2.12. The fourth-order valence-electron chi connectivity index (χ4n) is 1.95. The topological polar surface area (TPSA) is 80.4 Å². The second kappa shape index (κ2) is 6.49. The second-order valence-electron chi connectivity index (χ2n) is 4.57. The largest absolute Gasteiger partial charge is 0.487 e. The van der Waals surface area contributed by atoms with Crippen molar-refractivity contribution in [3.05, 3.63) is 40.7 Å². The van der Waals surface area contributed by atoms with E-state index in [9.17, 15) is 5.11 Å². The fourth-order valence-corrected chi connectivity index (χ4v) is 1.95. The van der Waals surface area contributed by atoms with Crippen molar-refractivity contribution in [3.63, 3.8) is 0 Å². The third-order valence-corrected chi connectivity index (χ3v) is 3.30. The Kier molecular flexibility index (Phi) is 4.70. The Balaban J connectivity index is 2.17. The van der Waals surface area contributed by atoms with Crippen molar-refractivity contribution in [1.82, 2.24) is 15.0 Å². The highest BCUT2D eigenvalue weighted by atomic mass is 16.5. The van der Waals surface area contributed by atoms with Crippen LogP contribution >= 0.6 is 0 Å². The molecule has 0 saturated carbocycles. The van der Waals surface area contributed by atoms with Crippen LogP contribution in [0.25, 0.3) is 0 Å². The first-order chi connectivity index (χ1) is 9.67. The highest BCUT2D eigenvalue weighted by molar-refractivity contribution is 5.38. The van der Waals surface area contributed by atoms with E-state index >= 15 is 0 Å². The molecule has 2 N–H and O–H groups in total. The van der Waals surface area contributed by atoms with Crippen molar-refractivity contribution < 1.29 is 14.9 Å². The van der Waals surface area contributed by atoms with Gasteiger partial charge in [-0.05, 0) is 31.0 Å². The van der Waals surface area contributed by atoms with E-state index in [0.29, 0.717) is 17.9 Å². The number of benzene rings is 1. The Morgan fingerprint density at radius 1 is 1.25 bits per heavy atom. The SMILES string of the molecule is Cc1cccc(OCc2c(CO)nnn2CCO)c1C. The van der Waals surface area contributed by atoms with Crippen LogP contribution in [-0.4, -0.2) is 31.8 Å². The zero-order chi connectivity index (χ0) is 14.5. The minimum atomic E-state index is -0.197. The Morgan fingerprint density at radius 3 is 2.75 bits per heavy atom. The Labute approximate surface area is 117 Å². The van der Waals surface area contributed by atoms with E-state index in [1.165, 1.54) is 0 Å². The van der Waals surface area contributed by atoms with Gasteiger partial charge in [0, 0.05) is 0 Å². The molecule has 2 aromatic rings. The molecule has 0 saturated heterocycles. The lowest BCUT2D eigenvalue weighted by Crippen LogP contribution is -2.12. The smallest absolute Gasteiger partial charge is 0.132 e. The van der Waals surface area contributed by atoms with Gasteiger partial charge in [-0.2, -0.15) is 0 Å². The van der Waals surface area contributed by atoms with Gasteiger partial charge in [-0.15, -0.1) is 5.10 Å². The van der Waals surface area contributed by atoms with E-state index in [1.807, 2.05) is 32.0 Å². The monoisotopic (exact) mass is 277 g/mol. The number of aryl methyl sites for hydroxylation is 1. The summed E-state index contributed by atoms with van der Waals surface area (Å²) < 4.78 is 7.35. The Morgan fingerprint density at radius 2 is 2.05 bits per heavy atom. The maximum absolute atomic E-state index is 9.26. The van der Waals surface area contributed by atoms with Crippen LogP contribution in [0.3, 0.4) is 0 Å². The highest BCUT2D eigenvalue weighted by Crippen LogP contribution is 2.22. The first kappa shape index (κ1) is 14.5. The Bertz CT molecular complexity index is 581. The van der Waals surface area contributed by atoms with E-state index in [4.69, 9.17) is 9.84 Å². The van der Waals surface area contributed by atoms with Gasteiger partial charge in [-0.1, -0.05) is 17.3 Å². The summed E-state index contributed by atoms with van der Waals surface area (Å²) in [5, 5.41) is 26.0. The van der Waals surface area contributed by atoms with Gasteiger partial charge < -0.3 is 14.9 Å². The minimum Gasteiger partial charge on any atom is -0.487 e. The van der Waals surface area contributed by atoms with Crippen LogP contribution in [0.1, 0.15) is 22.5 Å². The number of hydrogen-bond acceptors (Lipinski definition) is 5. The lowest BCUT2D eigenvalue weighted by atomic mass is 10.1. The van der Waals surface area contributed by atoms with E-state index in [2.05, 4.69) is 10.3 Å². The first-order valence-electron chi connectivity index (χ1n) is 6.49. The number of hydrogen-bond donors (Lipinski definition) is 2. The number of nitrogens with zero attached hydrogens (tertiary/aromatic N) is 3. The summed E-state index contributed by atoms with van der Waals surface area (Å²) in [7, 11) is 0. The summed E-state index contributed by atoms with van der Waals surface area (Å²) >= 11 is 0. The molecule has 0 aliphatic rings. The van der Waals surface area contributed by atoms with Crippen LogP contribution < -0.4 is 4.74 Å². The van der Waals surface area contributed by atoms with Gasteiger partial charge in [0.25, 0.3) is 0 Å². The van der Waals surface area contributed by atoms with Gasteiger partial charge in [0.05, 0.1) is 19.8 Å². The predicted octanol–water partition coefficient (Wildman–Crippen LogP) is 0.959. The van der Waals surface area contributed by atoms with Crippen molar-refractivity contribution in [2.24, 2.45) is 0 Å². The number of aromatic nitrogens is 3. The number of aliphatic hydroxyl groups excluding tert-OH is 2. The molecule has 2 rings (SSSR count). The highest BCUT2D eigenvalue weighted by Gasteiger charge is 2.13. The molecule has 0 spiro atoms. The first-order valence-corrected chi connectivity index (χ1v) is 6.49. The molecule has 1 aromatic heterocycles.